The van der Waals surface area contributed by atoms with Gasteiger partial charge in [0.2, 0.25) is 0 Å². The molecule has 0 saturated heterocycles. The third kappa shape index (κ3) is 4.93. The van der Waals surface area contributed by atoms with Crippen molar-refractivity contribution in [2.75, 3.05) is 20.1 Å². The van der Waals surface area contributed by atoms with Crippen molar-refractivity contribution in [3.05, 3.63) is 64.9 Å². The average molecular weight is 290 g/mol. The number of rotatable bonds is 7. The number of hydrogen-bond acceptors (Lipinski definition) is 3. The molecule has 0 saturated carbocycles. The smallest absolute Gasteiger partial charge is 0.0541 e. The van der Waals surface area contributed by atoms with Gasteiger partial charge < -0.3 is 10.2 Å². The van der Waals surface area contributed by atoms with Gasteiger partial charge in [0, 0.05) is 37.4 Å². The minimum Gasteiger partial charge on any atom is -0.310 e. The molecule has 0 aliphatic heterocycles. The first-order valence-corrected chi connectivity index (χ1v) is 7.16. The summed E-state index contributed by atoms with van der Waals surface area (Å²) in [5.41, 5.74) is 2.24. The van der Waals surface area contributed by atoms with E-state index in [1.807, 2.05) is 42.6 Å². The van der Waals surface area contributed by atoms with Crippen molar-refractivity contribution in [1.82, 2.24) is 15.2 Å². The molecule has 2 rings (SSSR count). The van der Waals surface area contributed by atoms with Crippen molar-refractivity contribution >= 4 is 11.6 Å². The van der Waals surface area contributed by atoms with Gasteiger partial charge in [-0.05, 0) is 30.8 Å². The zero-order chi connectivity index (χ0) is 14.2. The van der Waals surface area contributed by atoms with E-state index in [9.17, 15) is 0 Å². The van der Waals surface area contributed by atoms with Gasteiger partial charge in [-0.3, -0.25) is 4.98 Å². The number of pyridine rings is 1. The summed E-state index contributed by atoms with van der Waals surface area (Å²) in [6.07, 6.45) is 1.82. The first kappa shape index (κ1) is 15.0. The molecule has 0 radical (unpaired) electrons. The number of halogens is 1. The Balaban J connectivity index is 1.68. The molecule has 0 fully saturated rings. The van der Waals surface area contributed by atoms with Gasteiger partial charge in [0.15, 0.2) is 0 Å². The SMILES string of the molecule is CN(CCNCc1ccccn1)Cc1ccccc1Cl. The Bertz CT molecular complexity index is 516. The van der Waals surface area contributed by atoms with Crippen molar-refractivity contribution in [2.45, 2.75) is 13.1 Å². The number of aromatic nitrogens is 1. The molecule has 0 bridgehead atoms. The van der Waals surface area contributed by atoms with Crippen LogP contribution >= 0.6 is 11.6 Å². The minimum absolute atomic E-state index is 0.806. The van der Waals surface area contributed by atoms with E-state index in [1.165, 1.54) is 5.56 Å². The van der Waals surface area contributed by atoms with Crippen LogP contribution in [-0.4, -0.2) is 30.0 Å². The normalized spacial score (nSPS) is 10.9. The lowest BCUT2D eigenvalue weighted by Crippen LogP contribution is -2.29. The summed E-state index contributed by atoms with van der Waals surface area (Å²) < 4.78 is 0. The summed E-state index contributed by atoms with van der Waals surface area (Å²) >= 11 is 6.16. The molecule has 0 spiro atoms. The summed E-state index contributed by atoms with van der Waals surface area (Å²) in [4.78, 5) is 6.54. The molecule has 4 heteroatoms. The van der Waals surface area contributed by atoms with E-state index in [2.05, 4.69) is 28.3 Å². The van der Waals surface area contributed by atoms with E-state index in [-0.39, 0.29) is 0 Å². The molecular weight excluding hydrogens is 270 g/mol. The number of nitrogens with zero attached hydrogens (tertiary/aromatic N) is 2. The Morgan fingerprint density at radius 3 is 2.70 bits per heavy atom. The summed E-state index contributed by atoms with van der Waals surface area (Å²) in [7, 11) is 2.10. The van der Waals surface area contributed by atoms with E-state index >= 15 is 0 Å². The second kappa shape index (κ2) is 8.00. The van der Waals surface area contributed by atoms with Crippen LogP contribution in [0.5, 0.6) is 0 Å². The van der Waals surface area contributed by atoms with Crippen LogP contribution in [0.25, 0.3) is 0 Å². The highest BCUT2D eigenvalue weighted by atomic mass is 35.5. The number of nitrogens with one attached hydrogen (secondary N) is 1. The van der Waals surface area contributed by atoms with Gasteiger partial charge in [-0.25, -0.2) is 0 Å². The monoisotopic (exact) mass is 289 g/mol. The van der Waals surface area contributed by atoms with Gasteiger partial charge in [0.1, 0.15) is 0 Å². The van der Waals surface area contributed by atoms with Gasteiger partial charge in [0.05, 0.1) is 5.69 Å². The van der Waals surface area contributed by atoms with Crippen molar-refractivity contribution in [3.63, 3.8) is 0 Å². The Morgan fingerprint density at radius 2 is 1.95 bits per heavy atom. The fourth-order valence-electron chi connectivity index (χ4n) is 1.99. The molecular formula is C16H20ClN3. The zero-order valence-corrected chi connectivity index (χ0v) is 12.5. The molecule has 106 valence electrons. The fourth-order valence-corrected chi connectivity index (χ4v) is 2.18. The van der Waals surface area contributed by atoms with Gasteiger partial charge in [0.25, 0.3) is 0 Å². The van der Waals surface area contributed by atoms with Crippen molar-refractivity contribution in [2.24, 2.45) is 0 Å². The Hall–Kier alpha value is -1.42. The van der Waals surface area contributed by atoms with E-state index in [0.29, 0.717) is 0 Å². The molecule has 1 aromatic carbocycles. The number of benzene rings is 1. The van der Waals surface area contributed by atoms with Crippen molar-refractivity contribution < 1.29 is 0 Å². The minimum atomic E-state index is 0.806. The van der Waals surface area contributed by atoms with E-state index in [4.69, 9.17) is 11.6 Å². The third-order valence-electron chi connectivity index (χ3n) is 3.10. The predicted octanol–water partition coefficient (Wildman–Crippen LogP) is 2.96. The second-order valence-electron chi connectivity index (χ2n) is 4.83. The van der Waals surface area contributed by atoms with Crippen LogP contribution in [0.15, 0.2) is 48.7 Å². The molecule has 0 unspecified atom stereocenters. The Morgan fingerprint density at radius 1 is 1.15 bits per heavy atom. The molecule has 0 aliphatic carbocycles. The maximum Gasteiger partial charge on any atom is 0.0541 e. The summed E-state index contributed by atoms with van der Waals surface area (Å²) in [6, 6.07) is 14.0. The highest BCUT2D eigenvalue weighted by molar-refractivity contribution is 6.31. The molecule has 0 atom stereocenters. The molecule has 0 amide bonds. The van der Waals surface area contributed by atoms with Crippen LogP contribution in [0.3, 0.4) is 0 Å². The maximum absolute atomic E-state index is 6.16. The molecule has 0 aliphatic rings. The summed E-state index contributed by atoms with van der Waals surface area (Å²) in [6.45, 7) is 3.57. The topological polar surface area (TPSA) is 28.2 Å². The van der Waals surface area contributed by atoms with Crippen LogP contribution in [0.4, 0.5) is 0 Å². The van der Waals surface area contributed by atoms with Crippen molar-refractivity contribution in [3.8, 4) is 0 Å². The largest absolute Gasteiger partial charge is 0.310 e. The molecule has 1 aromatic heterocycles. The van der Waals surface area contributed by atoms with Crippen LogP contribution in [0.2, 0.25) is 5.02 Å². The highest BCUT2D eigenvalue weighted by Crippen LogP contribution is 2.16. The van der Waals surface area contributed by atoms with Gasteiger partial charge in [-0.2, -0.15) is 0 Å². The lowest BCUT2D eigenvalue weighted by molar-refractivity contribution is 0.324. The first-order chi connectivity index (χ1) is 9.75. The van der Waals surface area contributed by atoms with E-state index in [1.54, 1.807) is 0 Å². The number of hydrogen-bond donors (Lipinski definition) is 1. The first-order valence-electron chi connectivity index (χ1n) is 6.78. The fraction of sp³-hybridized carbons (Fsp3) is 0.312. The lowest BCUT2D eigenvalue weighted by Gasteiger charge is -2.17. The molecule has 1 heterocycles. The van der Waals surface area contributed by atoms with Crippen LogP contribution in [0, 0.1) is 0 Å². The van der Waals surface area contributed by atoms with Crippen LogP contribution in [-0.2, 0) is 13.1 Å². The number of likely N-dealkylation sites (N-methyl/N-ethyl adjacent to an activating group) is 1. The zero-order valence-electron chi connectivity index (χ0n) is 11.7. The quantitative estimate of drug-likeness (QED) is 0.795. The Labute approximate surface area is 125 Å². The standard InChI is InChI=1S/C16H20ClN3/c1-20(13-14-6-2-3-8-16(14)17)11-10-18-12-15-7-4-5-9-19-15/h2-9,18H,10-13H2,1H3. The molecule has 3 nitrogen and oxygen atoms in total. The van der Waals surface area contributed by atoms with Crippen LogP contribution in [0.1, 0.15) is 11.3 Å². The van der Waals surface area contributed by atoms with Crippen LogP contribution < -0.4 is 5.32 Å². The summed E-state index contributed by atoms with van der Waals surface area (Å²) in [5, 5.41) is 4.23. The predicted molar refractivity (Wildman–Crippen MR) is 83.7 cm³/mol. The molecule has 20 heavy (non-hydrogen) atoms. The van der Waals surface area contributed by atoms with Gasteiger partial charge in [-0.1, -0.05) is 35.9 Å². The molecule has 2 aromatic rings. The highest BCUT2D eigenvalue weighted by Gasteiger charge is 2.03. The third-order valence-corrected chi connectivity index (χ3v) is 3.47. The van der Waals surface area contributed by atoms with Gasteiger partial charge >= 0.3 is 0 Å². The lowest BCUT2D eigenvalue weighted by atomic mass is 10.2. The van der Waals surface area contributed by atoms with Crippen molar-refractivity contribution in [1.29, 1.82) is 0 Å². The summed E-state index contributed by atoms with van der Waals surface area (Å²) in [5.74, 6) is 0. The van der Waals surface area contributed by atoms with Gasteiger partial charge in [-0.15, -0.1) is 0 Å². The average Bonchev–Trinajstić information content (AvgIpc) is 2.47. The molecule has 1 N–H and O–H groups in total. The van der Waals surface area contributed by atoms with E-state index in [0.717, 1.165) is 36.9 Å². The maximum atomic E-state index is 6.16. The van der Waals surface area contributed by atoms with E-state index < -0.39 is 0 Å². The Kier molecular flexibility index (Phi) is 5.99. The second-order valence-corrected chi connectivity index (χ2v) is 5.23.